The van der Waals surface area contributed by atoms with E-state index in [1.807, 2.05) is 38.1 Å². The average Bonchev–Trinajstić information content (AvgIpc) is 3.11. The number of anilines is 1. The number of amides is 1. The van der Waals surface area contributed by atoms with Gasteiger partial charge in [-0.15, -0.1) is 0 Å². The molecule has 27 heavy (non-hydrogen) atoms. The second kappa shape index (κ2) is 8.46. The number of hydrogen-bond acceptors (Lipinski definition) is 3. The fourth-order valence-electron chi connectivity index (χ4n) is 2.64. The SMILES string of the molecule is CC(C)Nc1cc(-c2c[nH]c(C(=O)NCc3cccc(Cl)c3)c2)c(Cl)cn1. The molecule has 3 aromatic rings. The quantitative estimate of drug-likeness (QED) is 0.534. The smallest absolute Gasteiger partial charge is 0.267 e. The Morgan fingerprint density at radius 2 is 2.04 bits per heavy atom. The molecular formula is C20H20Cl2N4O. The predicted molar refractivity (Wildman–Crippen MR) is 110 cm³/mol. The van der Waals surface area contributed by atoms with Crippen molar-refractivity contribution in [2.75, 3.05) is 5.32 Å². The van der Waals surface area contributed by atoms with Gasteiger partial charge in [-0.2, -0.15) is 0 Å². The van der Waals surface area contributed by atoms with Crippen molar-refractivity contribution in [1.29, 1.82) is 0 Å². The van der Waals surface area contributed by atoms with Crippen LogP contribution >= 0.6 is 23.2 Å². The highest BCUT2D eigenvalue weighted by Gasteiger charge is 2.13. The van der Waals surface area contributed by atoms with Crippen LogP contribution in [0.4, 0.5) is 5.82 Å². The Morgan fingerprint density at radius 3 is 2.78 bits per heavy atom. The van der Waals surface area contributed by atoms with Crippen LogP contribution < -0.4 is 10.6 Å². The van der Waals surface area contributed by atoms with Crippen molar-refractivity contribution in [1.82, 2.24) is 15.3 Å². The van der Waals surface area contributed by atoms with E-state index in [4.69, 9.17) is 23.2 Å². The molecule has 0 fully saturated rings. The minimum atomic E-state index is -0.202. The van der Waals surface area contributed by atoms with Gasteiger partial charge in [0.15, 0.2) is 0 Å². The van der Waals surface area contributed by atoms with E-state index in [2.05, 4.69) is 20.6 Å². The standard InChI is InChI=1S/C20H20Cl2N4O/c1-12(2)26-19-8-16(17(22)11-24-19)14-7-18(23-10-14)20(27)25-9-13-4-3-5-15(21)6-13/h3-8,10-12,23H,9H2,1-2H3,(H,24,26)(H,25,27). The number of benzene rings is 1. The molecule has 0 spiro atoms. The summed E-state index contributed by atoms with van der Waals surface area (Å²) in [6.07, 6.45) is 3.36. The number of carbonyl (C=O) groups is 1. The van der Waals surface area contributed by atoms with Crippen LogP contribution in [0, 0.1) is 0 Å². The van der Waals surface area contributed by atoms with Gasteiger partial charge in [0, 0.05) is 41.1 Å². The van der Waals surface area contributed by atoms with Crippen LogP contribution in [0.3, 0.4) is 0 Å². The zero-order chi connectivity index (χ0) is 19.4. The van der Waals surface area contributed by atoms with Crippen molar-refractivity contribution < 1.29 is 4.79 Å². The molecule has 5 nitrogen and oxygen atoms in total. The van der Waals surface area contributed by atoms with E-state index < -0.39 is 0 Å². The third-order valence-electron chi connectivity index (χ3n) is 3.87. The van der Waals surface area contributed by atoms with Gasteiger partial charge in [0.25, 0.3) is 5.91 Å². The number of H-pyrrole nitrogens is 1. The molecule has 7 heteroatoms. The average molecular weight is 403 g/mol. The first kappa shape index (κ1) is 19.3. The topological polar surface area (TPSA) is 69.8 Å². The van der Waals surface area contributed by atoms with Crippen LogP contribution in [-0.4, -0.2) is 21.9 Å². The Kier molecular flexibility index (Phi) is 6.04. The summed E-state index contributed by atoms with van der Waals surface area (Å²) in [5, 5.41) is 7.28. The number of rotatable bonds is 6. The normalized spacial score (nSPS) is 10.9. The monoisotopic (exact) mass is 402 g/mol. The Labute approximate surface area is 168 Å². The van der Waals surface area contributed by atoms with Crippen LogP contribution in [-0.2, 0) is 6.54 Å². The summed E-state index contributed by atoms with van der Waals surface area (Å²) in [4.78, 5) is 19.7. The lowest BCUT2D eigenvalue weighted by Gasteiger charge is -2.10. The number of halogens is 2. The molecule has 0 aliphatic rings. The van der Waals surface area contributed by atoms with Gasteiger partial charge < -0.3 is 15.6 Å². The Morgan fingerprint density at radius 1 is 1.22 bits per heavy atom. The van der Waals surface area contributed by atoms with Crippen LogP contribution in [0.2, 0.25) is 10.0 Å². The van der Waals surface area contributed by atoms with Gasteiger partial charge in [-0.1, -0.05) is 35.3 Å². The van der Waals surface area contributed by atoms with Crippen molar-refractivity contribution >= 4 is 34.9 Å². The second-order valence-corrected chi connectivity index (χ2v) is 7.31. The van der Waals surface area contributed by atoms with E-state index >= 15 is 0 Å². The molecule has 0 atom stereocenters. The molecule has 0 aliphatic carbocycles. The maximum Gasteiger partial charge on any atom is 0.267 e. The van der Waals surface area contributed by atoms with Gasteiger partial charge in [0.2, 0.25) is 0 Å². The lowest BCUT2D eigenvalue weighted by Crippen LogP contribution is -2.22. The van der Waals surface area contributed by atoms with E-state index in [0.29, 0.717) is 22.3 Å². The Balaban J connectivity index is 1.73. The van der Waals surface area contributed by atoms with E-state index in [0.717, 1.165) is 22.5 Å². The fraction of sp³-hybridized carbons (Fsp3) is 0.200. The van der Waals surface area contributed by atoms with Gasteiger partial charge in [0.1, 0.15) is 11.5 Å². The molecule has 2 heterocycles. The minimum Gasteiger partial charge on any atom is -0.368 e. The zero-order valence-electron chi connectivity index (χ0n) is 15.0. The summed E-state index contributed by atoms with van der Waals surface area (Å²) in [6, 6.07) is 11.3. The molecule has 0 unspecified atom stereocenters. The van der Waals surface area contributed by atoms with Gasteiger partial charge >= 0.3 is 0 Å². The lowest BCUT2D eigenvalue weighted by atomic mass is 10.1. The van der Waals surface area contributed by atoms with Crippen LogP contribution in [0.5, 0.6) is 0 Å². The van der Waals surface area contributed by atoms with Gasteiger partial charge in [-0.3, -0.25) is 4.79 Å². The number of nitrogens with one attached hydrogen (secondary N) is 3. The molecule has 1 aromatic carbocycles. The molecule has 2 aromatic heterocycles. The number of nitrogens with zero attached hydrogens (tertiary/aromatic N) is 1. The Hall–Kier alpha value is -2.50. The predicted octanol–water partition coefficient (Wildman–Crippen LogP) is 5.13. The van der Waals surface area contributed by atoms with Crippen molar-refractivity contribution in [2.45, 2.75) is 26.4 Å². The fourth-order valence-corrected chi connectivity index (χ4v) is 3.07. The summed E-state index contributed by atoms with van der Waals surface area (Å²) >= 11 is 12.3. The van der Waals surface area contributed by atoms with Gasteiger partial charge in [-0.25, -0.2) is 4.98 Å². The molecule has 1 amide bonds. The van der Waals surface area contributed by atoms with Crippen LogP contribution in [0.1, 0.15) is 29.9 Å². The van der Waals surface area contributed by atoms with E-state index in [-0.39, 0.29) is 11.9 Å². The molecule has 0 bridgehead atoms. The number of pyridine rings is 1. The zero-order valence-corrected chi connectivity index (χ0v) is 16.5. The Bertz CT molecular complexity index is 953. The highest BCUT2D eigenvalue weighted by Crippen LogP contribution is 2.30. The maximum atomic E-state index is 12.4. The molecule has 0 saturated heterocycles. The summed E-state index contributed by atoms with van der Waals surface area (Å²) in [7, 11) is 0. The first-order valence-electron chi connectivity index (χ1n) is 8.56. The van der Waals surface area contributed by atoms with Gasteiger partial charge in [-0.05, 0) is 43.7 Å². The maximum absolute atomic E-state index is 12.4. The highest BCUT2D eigenvalue weighted by molar-refractivity contribution is 6.33. The molecule has 140 valence electrons. The first-order chi connectivity index (χ1) is 12.9. The highest BCUT2D eigenvalue weighted by atomic mass is 35.5. The molecular weight excluding hydrogens is 383 g/mol. The minimum absolute atomic E-state index is 0.202. The summed E-state index contributed by atoms with van der Waals surface area (Å²) < 4.78 is 0. The van der Waals surface area contributed by atoms with Gasteiger partial charge in [0.05, 0.1) is 5.02 Å². The second-order valence-electron chi connectivity index (χ2n) is 6.46. The molecule has 0 aliphatic heterocycles. The number of aromatic amines is 1. The molecule has 0 radical (unpaired) electrons. The molecule has 3 N–H and O–H groups in total. The van der Waals surface area contributed by atoms with Crippen LogP contribution in [0.25, 0.3) is 11.1 Å². The molecule has 3 rings (SSSR count). The number of hydrogen-bond donors (Lipinski definition) is 3. The van der Waals surface area contributed by atoms with E-state index in [9.17, 15) is 4.79 Å². The third-order valence-corrected chi connectivity index (χ3v) is 4.41. The van der Waals surface area contributed by atoms with E-state index in [1.54, 1.807) is 24.5 Å². The van der Waals surface area contributed by atoms with Crippen LogP contribution in [0.15, 0.2) is 48.8 Å². The summed E-state index contributed by atoms with van der Waals surface area (Å²) in [6.45, 7) is 4.47. The summed E-state index contributed by atoms with van der Waals surface area (Å²) in [5.41, 5.74) is 3.02. The van der Waals surface area contributed by atoms with Crippen molar-refractivity contribution in [3.05, 3.63) is 70.1 Å². The third kappa shape index (κ3) is 5.02. The summed E-state index contributed by atoms with van der Waals surface area (Å²) in [5.74, 6) is 0.532. The van der Waals surface area contributed by atoms with E-state index in [1.165, 1.54) is 0 Å². The first-order valence-corrected chi connectivity index (χ1v) is 9.31. The number of aromatic nitrogens is 2. The van der Waals surface area contributed by atoms with Crippen molar-refractivity contribution in [3.63, 3.8) is 0 Å². The lowest BCUT2D eigenvalue weighted by molar-refractivity contribution is 0.0946. The van der Waals surface area contributed by atoms with Crippen molar-refractivity contribution in [2.24, 2.45) is 0 Å². The van der Waals surface area contributed by atoms with Crippen molar-refractivity contribution in [3.8, 4) is 11.1 Å². The molecule has 0 saturated carbocycles. The number of carbonyl (C=O) groups excluding carboxylic acids is 1. The largest absolute Gasteiger partial charge is 0.368 e.